The van der Waals surface area contributed by atoms with Gasteiger partial charge in [0.1, 0.15) is 11.5 Å². The van der Waals surface area contributed by atoms with E-state index >= 15 is 0 Å². The van der Waals surface area contributed by atoms with Gasteiger partial charge in [-0.05, 0) is 37.6 Å². The number of piperidine rings is 1. The highest BCUT2D eigenvalue weighted by atomic mass is 16.5. The molecule has 1 atom stereocenters. The Morgan fingerprint density at radius 1 is 1.35 bits per heavy atom. The number of hydrogen-bond donors (Lipinski definition) is 1. The Morgan fingerprint density at radius 3 is 3.15 bits per heavy atom. The van der Waals surface area contributed by atoms with Gasteiger partial charge in [-0.1, -0.05) is 5.16 Å². The van der Waals surface area contributed by atoms with Gasteiger partial charge in [-0.2, -0.15) is 10.1 Å². The van der Waals surface area contributed by atoms with Crippen LogP contribution in [0.3, 0.4) is 0 Å². The number of ether oxygens (including phenoxy) is 1. The molecule has 26 heavy (non-hydrogen) atoms. The average molecular weight is 357 g/mol. The smallest absolute Gasteiger partial charge is 0.231 e. The van der Waals surface area contributed by atoms with Gasteiger partial charge in [0.15, 0.2) is 11.6 Å². The molecule has 1 N–H and O–H groups in total. The average Bonchev–Trinajstić information content (AvgIpc) is 3.41. The van der Waals surface area contributed by atoms with Crippen molar-refractivity contribution in [2.75, 3.05) is 26.8 Å². The molecule has 1 aliphatic rings. The summed E-state index contributed by atoms with van der Waals surface area (Å²) in [5.41, 5.74) is 0.891. The first-order chi connectivity index (χ1) is 12.8. The predicted octanol–water partition coefficient (Wildman–Crippen LogP) is 2.62. The molecule has 1 unspecified atom stereocenters. The highest BCUT2D eigenvalue weighted by Gasteiger charge is 2.26. The normalized spacial score (nSPS) is 18.4. The quantitative estimate of drug-likeness (QED) is 0.695. The van der Waals surface area contributed by atoms with Crippen LogP contribution in [0.1, 0.15) is 36.2 Å². The monoisotopic (exact) mass is 357 g/mol. The summed E-state index contributed by atoms with van der Waals surface area (Å²) in [4.78, 5) is 6.91. The Balaban J connectivity index is 1.37. The van der Waals surface area contributed by atoms with E-state index in [9.17, 15) is 0 Å². The topological polar surface area (TPSA) is 93.2 Å². The van der Waals surface area contributed by atoms with E-state index in [1.165, 1.54) is 0 Å². The summed E-state index contributed by atoms with van der Waals surface area (Å²) in [5.74, 6) is 3.48. The van der Waals surface area contributed by atoms with E-state index < -0.39 is 0 Å². The van der Waals surface area contributed by atoms with Crippen LogP contribution in [-0.4, -0.2) is 52.0 Å². The summed E-state index contributed by atoms with van der Waals surface area (Å²) in [6.07, 6.45) is 4.58. The first-order valence-corrected chi connectivity index (χ1v) is 8.94. The molecular formula is C18H23N5O3. The van der Waals surface area contributed by atoms with Crippen LogP contribution < -0.4 is 0 Å². The maximum Gasteiger partial charge on any atom is 0.231 e. The minimum absolute atomic E-state index is 0.273. The first-order valence-electron chi connectivity index (χ1n) is 8.94. The fraction of sp³-hybridized carbons (Fsp3) is 0.500. The second-order valence-electron chi connectivity index (χ2n) is 6.60. The fourth-order valence-electron chi connectivity index (χ4n) is 3.35. The molecule has 8 heteroatoms. The third-order valence-electron chi connectivity index (χ3n) is 4.68. The number of aromatic amines is 1. The number of hydrogen-bond acceptors (Lipinski definition) is 7. The van der Waals surface area contributed by atoms with Crippen LogP contribution >= 0.6 is 0 Å². The van der Waals surface area contributed by atoms with Gasteiger partial charge in [0.05, 0.1) is 19.1 Å². The maximum atomic E-state index is 5.94. The van der Waals surface area contributed by atoms with Crippen LogP contribution in [0.25, 0.3) is 11.5 Å². The van der Waals surface area contributed by atoms with E-state index in [0.29, 0.717) is 18.9 Å². The summed E-state index contributed by atoms with van der Waals surface area (Å²) < 4.78 is 16.5. The number of methoxy groups -OCH3 is 1. The Bertz CT molecular complexity index is 811. The Kier molecular flexibility index (Phi) is 5.12. The molecular weight excluding hydrogens is 334 g/mol. The third-order valence-corrected chi connectivity index (χ3v) is 4.68. The second kappa shape index (κ2) is 7.84. The molecule has 0 aromatic carbocycles. The van der Waals surface area contributed by atoms with E-state index in [0.717, 1.165) is 55.6 Å². The zero-order chi connectivity index (χ0) is 17.8. The molecule has 1 fully saturated rings. The SMILES string of the molecule is COCCc1noc(C2CCCN(Cc3ccc(-c4ccn[nH]4)o3)C2)n1. The summed E-state index contributed by atoms with van der Waals surface area (Å²) >= 11 is 0. The highest BCUT2D eigenvalue weighted by molar-refractivity contribution is 5.51. The molecule has 0 amide bonds. The highest BCUT2D eigenvalue weighted by Crippen LogP contribution is 2.28. The van der Waals surface area contributed by atoms with Gasteiger partial charge in [0.25, 0.3) is 0 Å². The van der Waals surface area contributed by atoms with Gasteiger partial charge in [0.2, 0.25) is 5.89 Å². The number of nitrogens with one attached hydrogen (secondary N) is 1. The number of H-pyrrole nitrogens is 1. The fourth-order valence-corrected chi connectivity index (χ4v) is 3.35. The Hall–Kier alpha value is -2.45. The van der Waals surface area contributed by atoms with E-state index in [4.69, 9.17) is 13.7 Å². The standard InChI is InChI=1S/C18H23N5O3/c1-24-10-7-17-20-18(26-22-17)13-3-2-9-23(11-13)12-14-4-5-16(25-14)15-6-8-19-21-15/h4-6,8,13H,2-3,7,9-12H2,1H3,(H,19,21). The molecule has 8 nitrogen and oxygen atoms in total. The lowest BCUT2D eigenvalue weighted by atomic mass is 9.98. The summed E-state index contributed by atoms with van der Waals surface area (Å²) in [5, 5.41) is 10.9. The summed E-state index contributed by atoms with van der Waals surface area (Å²) in [7, 11) is 1.67. The molecule has 4 rings (SSSR count). The molecule has 0 spiro atoms. The Morgan fingerprint density at radius 2 is 2.31 bits per heavy atom. The number of aromatic nitrogens is 4. The van der Waals surface area contributed by atoms with Gasteiger partial charge in [-0.15, -0.1) is 0 Å². The van der Waals surface area contributed by atoms with Crippen molar-refractivity contribution in [2.24, 2.45) is 0 Å². The van der Waals surface area contributed by atoms with E-state index in [1.807, 2.05) is 18.2 Å². The molecule has 4 heterocycles. The van der Waals surface area contributed by atoms with E-state index in [-0.39, 0.29) is 5.92 Å². The van der Waals surface area contributed by atoms with Crippen molar-refractivity contribution in [2.45, 2.75) is 31.7 Å². The molecule has 0 saturated carbocycles. The molecule has 1 saturated heterocycles. The zero-order valence-electron chi connectivity index (χ0n) is 14.9. The maximum absolute atomic E-state index is 5.94. The summed E-state index contributed by atoms with van der Waals surface area (Å²) in [6.45, 7) is 3.31. The second-order valence-corrected chi connectivity index (χ2v) is 6.60. The van der Waals surface area contributed by atoms with Crippen molar-refractivity contribution in [3.63, 3.8) is 0 Å². The Labute approximate surface area is 151 Å². The lowest BCUT2D eigenvalue weighted by molar-refractivity contribution is 0.170. The third kappa shape index (κ3) is 3.86. The van der Waals surface area contributed by atoms with Crippen LogP contribution in [0, 0.1) is 0 Å². The number of rotatable bonds is 7. The van der Waals surface area contributed by atoms with E-state index in [2.05, 4.69) is 25.2 Å². The van der Waals surface area contributed by atoms with Crippen LogP contribution in [0.15, 0.2) is 33.3 Å². The van der Waals surface area contributed by atoms with Gasteiger partial charge in [-0.25, -0.2) is 0 Å². The number of nitrogens with zero attached hydrogens (tertiary/aromatic N) is 4. The van der Waals surface area contributed by atoms with Gasteiger partial charge in [0, 0.05) is 26.3 Å². The van der Waals surface area contributed by atoms with Crippen molar-refractivity contribution in [3.05, 3.63) is 41.9 Å². The van der Waals surface area contributed by atoms with Crippen LogP contribution in [0.2, 0.25) is 0 Å². The molecule has 0 aliphatic carbocycles. The van der Waals surface area contributed by atoms with Crippen molar-refractivity contribution in [3.8, 4) is 11.5 Å². The van der Waals surface area contributed by atoms with Crippen molar-refractivity contribution < 1.29 is 13.7 Å². The lowest BCUT2D eigenvalue weighted by Crippen LogP contribution is -2.33. The van der Waals surface area contributed by atoms with E-state index in [1.54, 1.807) is 13.3 Å². The van der Waals surface area contributed by atoms with Gasteiger partial charge in [-0.3, -0.25) is 10.00 Å². The van der Waals surface area contributed by atoms with Crippen LogP contribution in [0.5, 0.6) is 0 Å². The van der Waals surface area contributed by atoms with Crippen molar-refractivity contribution in [1.82, 2.24) is 25.2 Å². The molecule has 3 aromatic heterocycles. The molecule has 0 radical (unpaired) electrons. The largest absolute Gasteiger partial charge is 0.458 e. The van der Waals surface area contributed by atoms with Crippen molar-refractivity contribution >= 4 is 0 Å². The van der Waals surface area contributed by atoms with Crippen LogP contribution in [0.4, 0.5) is 0 Å². The first kappa shape index (κ1) is 17.0. The predicted molar refractivity (Wildman–Crippen MR) is 93.4 cm³/mol. The number of likely N-dealkylation sites (tertiary alicyclic amines) is 1. The zero-order valence-corrected chi connectivity index (χ0v) is 14.9. The van der Waals surface area contributed by atoms with Gasteiger partial charge >= 0.3 is 0 Å². The molecule has 1 aliphatic heterocycles. The van der Waals surface area contributed by atoms with Crippen LogP contribution in [-0.2, 0) is 17.7 Å². The minimum atomic E-state index is 0.273. The summed E-state index contributed by atoms with van der Waals surface area (Å²) in [6, 6.07) is 5.90. The molecule has 138 valence electrons. The van der Waals surface area contributed by atoms with Gasteiger partial charge < -0.3 is 13.7 Å². The number of furan rings is 1. The lowest BCUT2D eigenvalue weighted by Gasteiger charge is -2.30. The molecule has 0 bridgehead atoms. The minimum Gasteiger partial charge on any atom is -0.458 e. The molecule has 3 aromatic rings. The van der Waals surface area contributed by atoms with Crippen molar-refractivity contribution in [1.29, 1.82) is 0 Å².